The predicted octanol–water partition coefficient (Wildman–Crippen LogP) is 1.00. The molecule has 0 atom stereocenters. The first kappa shape index (κ1) is 23.3. The Balaban J connectivity index is 1.40. The zero-order chi connectivity index (χ0) is 23.6. The highest BCUT2D eigenvalue weighted by Crippen LogP contribution is 2.29. The number of primary amides is 1. The molecular formula is C22H29N5O5S. The molecule has 0 unspecified atom stereocenters. The van der Waals surface area contributed by atoms with Crippen LogP contribution < -0.4 is 16.0 Å². The van der Waals surface area contributed by atoms with Gasteiger partial charge in [0, 0.05) is 45.3 Å². The lowest BCUT2D eigenvalue weighted by molar-refractivity contribution is -0.120. The molecule has 2 aliphatic heterocycles. The summed E-state index contributed by atoms with van der Waals surface area (Å²) in [6, 6.07) is 8.98. The number of piperidine rings is 1. The van der Waals surface area contributed by atoms with Crippen LogP contribution >= 0.6 is 0 Å². The molecule has 0 saturated carbocycles. The average molecular weight is 476 g/mol. The number of amides is 2. The van der Waals surface area contributed by atoms with Crippen molar-refractivity contribution in [1.29, 1.82) is 0 Å². The lowest BCUT2D eigenvalue weighted by atomic mass is 9.97. The number of hydrogen-bond acceptors (Lipinski definition) is 6. The van der Waals surface area contributed by atoms with Gasteiger partial charge in [0.25, 0.3) is 5.91 Å². The molecule has 0 spiro atoms. The lowest BCUT2D eigenvalue weighted by Gasteiger charge is -2.32. The van der Waals surface area contributed by atoms with Crippen LogP contribution in [-0.4, -0.2) is 68.5 Å². The molecule has 2 saturated heterocycles. The Kier molecular flexibility index (Phi) is 6.73. The van der Waals surface area contributed by atoms with Crippen molar-refractivity contribution in [3.8, 4) is 0 Å². The second kappa shape index (κ2) is 9.54. The van der Waals surface area contributed by atoms with Crippen LogP contribution in [0.5, 0.6) is 0 Å². The van der Waals surface area contributed by atoms with Gasteiger partial charge in [-0.25, -0.2) is 8.42 Å². The number of morpholine rings is 1. The smallest absolute Gasteiger partial charge is 0.265 e. The van der Waals surface area contributed by atoms with E-state index in [1.54, 1.807) is 7.05 Å². The molecule has 10 nitrogen and oxygen atoms in total. The third-order valence-electron chi connectivity index (χ3n) is 6.21. The summed E-state index contributed by atoms with van der Waals surface area (Å²) in [7, 11) is -2.20. The Hall–Kier alpha value is -2.89. The number of carbonyl (C=O) groups excluding carboxylic acids is 2. The molecule has 0 aliphatic carbocycles. The van der Waals surface area contributed by atoms with Gasteiger partial charge in [-0.1, -0.05) is 12.1 Å². The van der Waals surface area contributed by atoms with Crippen molar-refractivity contribution < 1.29 is 22.7 Å². The lowest BCUT2D eigenvalue weighted by Crippen LogP contribution is -2.41. The monoisotopic (exact) mass is 475 g/mol. The van der Waals surface area contributed by atoms with Crippen molar-refractivity contribution in [2.75, 3.05) is 49.6 Å². The SMILES string of the molecule is Cn1cc(S(=O)(=O)N2CCC(C(=O)Nc3ccccc3N3CCOCC3)CC2)cc1C(N)=O. The van der Waals surface area contributed by atoms with Crippen LogP contribution in [0.15, 0.2) is 41.4 Å². The molecule has 3 N–H and O–H groups in total. The number of anilines is 2. The van der Waals surface area contributed by atoms with Gasteiger partial charge in [0.15, 0.2) is 0 Å². The third-order valence-corrected chi connectivity index (χ3v) is 8.07. The van der Waals surface area contributed by atoms with Gasteiger partial charge in [-0.2, -0.15) is 4.31 Å². The largest absolute Gasteiger partial charge is 0.378 e. The average Bonchev–Trinajstić information content (AvgIpc) is 3.23. The summed E-state index contributed by atoms with van der Waals surface area (Å²) < 4.78 is 34.2. The highest BCUT2D eigenvalue weighted by Gasteiger charge is 2.33. The number of hydrogen-bond donors (Lipinski definition) is 2. The van der Waals surface area contributed by atoms with E-state index in [9.17, 15) is 18.0 Å². The van der Waals surface area contributed by atoms with Crippen LogP contribution in [0.4, 0.5) is 11.4 Å². The minimum Gasteiger partial charge on any atom is -0.378 e. The molecule has 2 aromatic rings. The van der Waals surface area contributed by atoms with Crippen LogP contribution in [0.3, 0.4) is 0 Å². The van der Waals surface area contributed by atoms with Gasteiger partial charge < -0.3 is 25.3 Å². The first-order valence-electron chi connectivity index (χ1n) is 11.0. The number of aryl methyl sites for hydroxylation is 1. The molecule has 2 amide bonds. The van der Waals surface area contributed by atoms with Crippen LogP contribution in [0, 0.1) is 5.92 Å². The van der Waals surface area contributed by atoms with E-state index in [4.69, 9.17) is 10.5 Å². The number of nitrogens with one attached hydrogen (secondary N) is 1. The Morgan fingerprint density at radius 3 is 2.39 bits per heavy atom. The standard InChI is InChI=1S/C22H29N5O5S/c1-25-15-17(14-20(25)21(23)28)33(30,31)27-8-6-16(7-9-27)22(29)24-18-4-2-3-5-19(18)26-10-12-32-13-11-26/h2-5,14-16H,6-13H2,1H3,(H2,23,28)(H,24,29). The zero-order valence-electron chi connectivity index (χ0n) is 18.6. The second-order valence-electron chi connectivity index (χ2n) is 8.32. The van der Waals surface area contributed by atoms with Crippen molar-refractivity contribution >= 4 is 33.2 Å². The maximum Gasteiger partial charge on any atom is 0.265 e. The third kappa shape index (κ3) is 4.90. The van der Waals surface area contributed by atoms with Gasteiger partial charge in [-0.3, -0.25) is 9.59 Å². The van der Waals surface area contributed by atoms with Gasteiger partial charge in [-0.15, -0.1) is 0 Å². The first-order valence-corrected chi connectivity index (χ1v) is 12.4. The number of benzene rings is 1. The van der Waals surface area contributed by atoms with E-state index < -0.39 is 15.9 Å². The summed E-state index contributed by atoms with van der Waals surface area (Å²) >= 11 is 0. The molecule has 2 aliphatic rings. The van der Waals surface area contributed by atoms with Crippen LogP contribution in [0.2, 0.25) is 0 Å². The van der Waals surface area contributed by atoms with Crippen molar-refractivity contribution in [3.63, 3.8) is 0 Å². The van der Waals surface area contributed by atoms with E-state index in [0.29, 0.717) is 26.1 Å². The number of rotatable bonds is 6. The molecule has 3 heterocycles. The maximum absolute atomic E-state index is 13.0. The Bertz CT molecular complexity index is 1130. The number of sulfonamides is 1. The highest BCUT2D eigenvalue weighted by atomic mass is 32.2. The minimum absolute atomic E-state index is 0.0288. The summed E-state index contributed by atoms with van der Waals surface area (Å²) in [6.07, 6.45) is 2.22. The van der Waals surface area contributed by atoms with E-state index in [0.717, 1.165) is 24.5 Å². The zero-order valence-corrected chi connectivity index (χ0v) is 19.4. The molecule has 1 aromatic carbocycles. The van der Waals surface area contributed by atoms with Gasteiger partial charge in [0.1, 0.15) is 10.6 Å². The fraction of sp³-hybridized carbons (Fsp3) is 0.455. The number of nitrogens with zero attached hydrogens (tertiary/aromatic N) is 3. The summed E-state index contributed by atoms with van der Waals surface area (Å²) in [5.41, 5.74) is 7.14. The van der Waals surface area contributed by atoms with Gasteiger partial charge in [0.05, 0.1) is 24.6 Å². The van der Waals surface area contributed by atoms with Gasteiger partial charge in [0.2, 0.25) is 15.9 Å². The summed E-state index contributed by atoms with van der Waals surface area (Å²) in [5.74, 6) is -1.08. The normalized spacial score (nSPS) is 18.3. The van der Waals surface area contributed by atoms with Crippen molar-refractivity contribution in [3.05, 3.63) is 42.2 Å². The fourth-order valence-corrected chi connectivity index (χ4v) is 5.86. The Morgan fingerprint density at radius 1 is 1.09 bits per heavy atom. The molecule has 11 heteroatoms. The van der Waals surface area contributed by atoms with E-state index in [1.807, 2.05) is 24.3 Å². The molecule has 2 fully saturated rings. The predicted molar refractivity (Wildman–Crippen MR) is 124 cm³/mol. The van der Waals surface area contributed by atoms with E-state index in [-0.39, 0.29) is 35.5 Å². The number of aromatic nitrogens is 1. The summed E-state index contributed by atoms with van der Waals surface area (Å²) in [5, 5.41) is 3.04. The minimum atomic E-state index is -3.77. The van der Waals surface area contributed by atoms with E-state index in [1.165, 1.54) is 21.1 Å². The number of para-hydroxylation sites is 2. The number of nitrogens with two attached hydrogens (primary N) is 1. The van der Waals surface area contributed by atoms with E-state index >= 15 is 0 Å². The van der Waals surface area contributed by atoms with E-state index in [2.05, 4.69) is 10.2 Å². The summed E-state index contributed by atoms with van der Waals surface area (Å²) in [4.78, 5) is 26.7. The molecule has 178 valence electrons. The van der Waals surface area contributed by atoms with Crippen LogP contribution in [0.1, 0.15) is 23.3 Å². The molecule has 0 bridgehead atoms. The first-order chi connectivity index (χ1) is 15.8. The summed E-state index contributed by atoms with van der Waals surface area (Å²) in [6.45, 7) is 3.29. The number of ether oxygens (including phenoxy) is 1. The van der Waals surface area contributed by atoms with Crippen molar-refractivity contribution in [1.82, 2.24) is 8.87 Å². The highest BCUT2D eigenvalue weighted by molar-refractivity contribution is 7.89. The van der Waals surface area contributed by atoms with Crippen LogP contribution in [-0.2, 0) is 26.6 Å². The maximum atomic E-state index is 13.0. The van der Waals surface area contributed by atoms with Gasteiger partial charge in [-0.05, 0) is 31.0 Å². The van der Waals surface area contributed by atoms with Crippen LogP contribution in [0.25, 0.3) is 0 Å². The molecule has 1 aromatic heterocycles. The van der Waals surface area contributed by atoms with Crippen molar-refractivity contribution in [2.45, 2.75) is 17.7 Å². The topological polar surface area (TPSA) is 127 Å². The quantitative estimate of drug-likeness (QED) is 0.642. The van der Waals surface area contributed by atoms with Crippen molar-refractivity contribution in [2.24, 2.45) is 18.7 Å². The second-order valence-corrected chi connectivity index (χ2v) is 10.3. The molecule has 0 radical (unpaired) electrons. The fourth-order valence-electron chi connectivity index (χ4n) is 4.32. The molecule has 4 rings (SSSR count). The number of carbonyl (C=O) groups is 2. The Labute approximate surface area is 193 Å². The molecular weight excluding hydrogens is 446 g/mol. The Morgan fingerprint density at radius 2 is 1.76 bits per heavy atom. The molecule has 33 heavy (non-hydrogen) atoms. The van der Waals surface area contributed by atoms with Gasteiger partial charge >= 0.3 is 0 Å².